The molecule has 12 heteroatoms. The van der Waals surface area contributed by atoms with Gasteiger partial charge in [0.2, 0.25) is 0 Å². The normalized spacial score (nSPS) is 17.8. The summed E-state index contributed by atoms with van der Waals surface area (Å²) in [5, 5.41) is 15.6. The monoisotopic (exact) mass is 466 g/mol. The summed E-state index contributed by atoms with van der Waals surface area (Å²) >= 11 is 0. The predicted octanol–water partition coefficient (Wildman–Crippen LogP) is 2.73. The summed E-state index contributed by atoms with van der Waals surface area (Å²) < 4.78 is 31.7. The van der Waals surface area contributed by atoms with Gasteiger partial charge in [-0.05, 0) is 50.2 Å². The van der Waals surface area contributed by atoms with Crippen molar-refractivity contribution in [3.63, 3.8) is 0 Å². The second-order valence-corrected chi connectivity index (χ2v) is 8.21. The smallest absolute Gasteiger partial charge is 0.475 e. The molecule has 33 heavy (non-hydrogen) atoms. The summed E-state index contributed by atoms with van der Waals surface area (Å²) in [6, 6.07) is 4.08. The van der Waals surface area contributed by atoms with Gasteiger partial charge in [0, 0.05) is 38.6 Å². The van der Waals surface area contributed by atoms with Crippen LogP contribution in [0.5, 0.6) is 0 Å². The standard InChI is InChI=1S/C19H24N6O.C2HF3O2/c1-15-2-3-17(23-22-15)24-10-4-19(5-11-24)6-12-25(13-7-19)18(26)16-14-20-8-9-21-16;3-2(4,5)1(6)7/h2-3,8-9,14H,4-7,10-13H2,1H3;(H,6,7). The Bertz CT molecular complexity index is 938. The highest BCUT2D eigenvalue weighted by molar-refractivity contribution is 5.92. The lowest BCUT2D eigenvalue weighted by Gasteiger charge is -2.47. The van der Waals surface area contributed by atoms with Gasteiger partial charge in [0.15, 0.2) is 5.82 Å². The number of carbonyl (C=O) groups excluding carboxylic acids is 1. The van der Waals surface area contributed by atoms with E-state index in [9.17, 15) is 18.0 Å². The van der Waals surface area contributed by atoms with Crippen molar-refractivity contribution in [2.24, 2.45) is 5.41 Å². The number of carbonyl (C=O) groups is 2. The van der Waals surface area contributed by atoms with Crippen molar-refractivity contribution in [2.45, 2.75) is 38.8 Å². The van der Waals surface area contributed by atoms with Crippen LogP contribution in [0, 0.1) is 12.3 Å². The van der Waals surface area contributed by atoms with E-state index in [4.69, 9.17) is 9.90 Å². The quantitative estimate of drug-likeness (QED) is 0.719. The predicted molar refractivity (Wildman–Crippen MR) is 112 cm³/mol. The maximum Gasteiger partial charge on any atom is 0.490 e. The Morgan fingerprint density at radius 2 is 1.61 bits per heavy atom. The molecule has 2 aromatic heterocycles. The zero-order valence-electron chi connectivity index (χ0n) is 18.1. The molecule has 0 bridgehead atoms. The number of hydrogen-bond acceptors (Lipinski definition) is 7. The number of aromatic nitrogens is 4. The molecular formula is C21H25F3N6O3. The number of aryl methyl sites for hydroxylation is 1. The Balaban J connectivity index is 0.000000383. The first-order valence-corrected chi connectivity index (χ1v) is 10.5. The number of likely N-dealkylation sites (tertiary alicyclic amines) is 1. The molecule has 0 unspecified atom stereocenters. The van der Waals surface area contributed by atoms with Gasteiger partial charge in [-0.3, -0.25) is 9.78 Å². The van der Waals surface area contributed by atoms with E-state index in [-0.39, 0.29) is 5.91 Å². The minimum atomic E-state index is -5.08. The topological polar surface area (TPSA) is 112 Å². The zero-order valence-corrected chi connectivity index (χ0v) is 18.1. The molecule has 9 nitrogen and oxygen atoms in total. The maximum atomic E-state index is 12.5. The van der Waals surface area contributed by atoms with E-state index in [1.54, 1.807) is 18.6 Å². The third kappa shape index (κ3) is 6.36. The van der Waals surface area contributed by atoms with Crippen molar-refractivity contribution in [1.29, 1.82) is 0 Å². The number of nitrogens with zero attached hydrogens (tertiary/aromatic N) is 6. The van der Waals surface area contributed by atoms with Gasteiger partial charge >= 0.3 is 12.1 Å². The highest BCUT2D eigenvalue weighted by Crippen LogP contribution is 2.42. The van der Waals surface area contributed by atoms with Crippen LogP contribution in [-0.4, -0.2) is 74.4 Å². The first-order chi connectivity index (χ1) is 15.6. The average Bonchev–Trinajstić information content (AvgIpc) is 2.81. The number of piperidine rings is 2. The van der Waals surface area contributed by atoms with E-state index in [1.165, 1.54) is 0 Å². The molecule has 4 rings (SSSR count). The lowest BCUT2D eigenvalue weighted by molar-refractivity contribution is -0.192. The molecule has 2 aliphatic rings. The first-order valence-electron chi connectivity index (χ1n) is 10.5. The lowest BCUT2D eigenvalue weighted by atomic mass is 9.71. The molecule has 0 aliphatic carbocycles. The number of rotatable bonds is 2. The van der Waals surface area contributed by atoms with Gasteiger partial charge in [-0.15, -0.1) is 5.10 Å². The van der Waals surface area contributed by atoms with E-state index in [0.29, 0.717) is 11.1 Å². The van der Waals surface area contributed by atoms with Crippen LogP contribution in [0.25, 0.3) is 0 Å². The first kappa shape index (κ1) is 24.3. The summed E-state index contributed by atoms with van der Waals surface area (Å²) in [5.74, 6) is -1.78. The van der Waals surface area contributed by atoms with Crippen LogP contribution in [0.4, 0.5) is 19.0 Å². The summed E-state index contributed by atoms with van der Waals surface area (Å²) in [6.07, 6.45) is 4.05. The van der Waals surface area contributed by atoms with Crippen LogP contribution in [0.2, 0.25) is 0 Å². The Morgan fingerprint density at radius 3 is 2.09 bits per heavy atom. The van der Waals surface area contributed by atoms with E-state index in [2.05, 4.69) is 31.1 Å². The van der Waals surface area contributed by atoms with Gasteiger partial charge in [0.1, 0.15) is 5.69 Å². The Labute approximate surface area is 188 Å². The van der Waals surface area contributed by atoms with Crippen molar-refractivity contribution in [2.75, 3.05) is 31.1 Å². The van der Waals surface area contributed by atoms with E-state index >= 15 is 0 Å². The molecule has 0 aromatic carbocycles. The molecule has 1 spiro atoms. The van der Waals surface area contributed by atoms with Crippen LogP contribution in [0.15, 0.2) is 30.7 Å². The van der Waals surface area contributed by atoms with Crippen LogP contribution in [-0.2, 0) is 4.79 Å². The molecule has 0 saturated carbocycles. The Hall–Kier alpha value is -3.31. The number of carboxylic acids is 1. The molecule has 0 radical (unpaired) electrons. The van der Waals surface area contributed by atoms with Crippen molar-refractivity contribution >= 4 is 17.7 Å². The number of hydrogen-bond donors (Lipinski definition) is 1. The number of carboxylic acid groups (broad SMARTS) is 1. The molecule has 2 aliphatic heterocycles. The summed E-state index contributed by atoms with van der Waals surface area (Å²) in [5.41, 5.74) is 1.74. The van der Waals surface area contributed by atoms with Crippen LogP contribution in [0.1, 0.15) is 41.9 Å². The lowest BCUT2D eigenvalue weighted by Crippen LogP contribution is -2.48. The van der Waals surface area contributed by atoms with Crippen LogP contribution < -0.4 is 4.90 Å². The summed E-state index contributed by atoms with van der Waals surface area (Å²) in [6.45, 7) is 5.59. The summed E-state index contributed by atoms with van der Waals surface area (Å²) in [4.78, 5) is 33.8. The van der Waals surface area contributed by atoms with Crippen molar-refractivity contribution in [3.05, 3.63) is 42.1 Å². The average molecular weight is 466 g/mol. The molecule has 1 N–H and O–H groups in total. The SMILES string of the molecule is Cc1ccc(N2CCC3(CCN(C(=O)c4cnccn4)CC3)CC2)nn1.O=C(O)C(F)(F)F. The fourth-order valence-corrected chi connectivity index (χ4v) is 4.03. The highest BCUT2D eigenvalue weighted by atomic mass is 19.4. The van der Waals surface area contributed by atoms with Crippen molar-refractivity contribution in [1.82, 2.24) is 25.1 Å². The van der Waals surface area contributed by atoms with Crippen LogP contribution >= 0.6 is 0 Å². The largest absolute Gasteiger partial charge is 0.490 e. The zero-order chi connectivity index (χ0) is 24.1. The number of aliphatic carboxylic acids is 1. The molecule has 1 amide bonds. The second-order valence-electron chi connectivity index (χ2n) is 8.21. The second kappa shape index (κ2) is 10.1. The Morgan fingerprint density at radius 1 is 1.00 bits per heavy atom. The molecule has 2 aromatic rings. The van der Waals surface area contributed by atoms with Gasteiger partial charge in [-0.1, -0.05) is 0 Å². The Kier molecular flexibility index (Phi) is 7.44. The van der Waals surface area contributed by atoms with Crippen molar-refractivity contribution < 1.29 is 27.9 Å². The minimum absolute atomic E-state index is 0.000292. The molecule has 4 heterocycles. The fourth-order valence-electron chi connectivity index (χ4n) is 4.03. The maximum absolute atomic E-state index is 12.5. The number of halogens is 3. The third-order valence-electron chi connectivity index (χ3n) is 6.07. The van der Waals surface area contributed by atoms with Gasteiger partial charge < -0.3 is 14.9 Å². The van der Waals surface area contributed by atoms with Gasteiger partial charge in [0.25, 0.3) is 5.91 Å². The van der Waals surface area contributed by atoms with Gasteiger partial charge in [-0.25, -0.2) is 9.78 Å². The van der Waals surface area contributed by atoms with Crippen molar-refractivity contribution in [3.8, 4) is 0 Å². The van der Waals surface area contributed by atoms with E-state index in [1.807, 2.05) is 17.9 Å². The molecule has 2 fully saturated rings. The number of amides is 1. The van der Waals surface area contributed by atoms with Gasteiger partial charge in [0.05, 0.1) is 11.9 Å². The molecule has 0 atom stereocenters. The minimum Gasteiger partial charge on any atom is -0.475 e. The highest BCUT2D eigenvalue weighted by Gasteiger charge is 2.39. The number of alkyl halides is 3. The fraction of sp³-hybridized carbons (Fsp3) is 0.524. The van der Waals surface area contributed by atoms with E-state index in [0.717, 1.165) is 63.4 Å². The van der Waals surface area contributed by atoms with Gasteiger partial charge in [-0.2, -0.15) is 18.3 Å². The van der Waals surface area contributed by atoms with Crippen LogP contribution in [0.3, 0.4) is 0 Å². The number of anilines is 1. The molecule has 2 saturated heterocycles. The molecular weight excluding hydrogens is 441 g/mol. The summed E-state index contributed by atoms with van der Waals surface area (Å²) in [7, 11) is 0. The third-order valence-corrected chi connectivity index (χ3v) is 6.07. The van der Waals surface area contributed by atoms with E-state index < -0.39 is 12.1 Å². The molecule has 178 valence electrons.